The number of amides is 1. The number of rotatable bonds is 5. The van der Waals surface area contributed by atoms with Crippen molar-refractivity contribution in [3.8, 4) is 22.6 Å². The van der Waals surface area contributed by atoms with Crippen molar-refractivity contribution < 1.29 is 13.7 Å². The van der Waals surface area contributed by atoms with Crippen molar-refractivity contribution in [3.63, 3.8) is 0 Å². The summed E-state index contributed by atoms with van der Waals surface area (Å²) in [5.74, 6) is -0.226. The lowest BCUT2D eigenvalue weighted by atomic mass is 10.1. The van der Waals surface area contributed by atoms with Crippen LogP contribution in [0.4, 0.5) is 10.3 Å². The van der Waals surface area contributed by atoms with E-state index in [0.29, 0.717) is 17.1 Å². The minimum atomic E-state index is -0.394. The Morgan fingerprint density at radius 1 is 1.11 bits per heavy atom. The zero-order valence-corrected chi connectivity index (χ0v) is 14.8. The number of tetrazole rings is 1. The maximum atomic E-state index is 13.0. The van der Waals surface area contributed by atoms with Gasteiger partial charge in [0.05, 0.1) is 0 Å². The second-order valence-electron chi connectivity index (χ2n) is 6.14. The molecule has 0 unspecified atom stereocenters. The van der Waals surface area contributed by atoms with Gasteiger partial charge in [0.15, 0.2) is 0 Å². The number of carbonyl (C=O) groups is 1. The third kappa shape index (κ3) is 3.93. The van der Waals surface area contributed by atoms with E-state index in [-0.39, 0.29) is 18.2 Å². The first-order chi connectivity index (χ1) is 13.6. The predicted octanol–water partition coefficient (Wildman–Crippen LogP) is 3.08. The van der Waals surface area contributed by atoms with Crippen LogP contribution >= 0.6 is 0 Å². The topological polar surface area (TPSA) is 98.7 Å². The van der Waals surface area contributed by atoms with Crippen molar-refractivity contribution in [2.45, 2.75) is 13.5 Å². The monoisotopic (exact) mass is 378 g/mol. The van der Waals surface area contributed by atoms with Gasteiger partial charge in [-0.25, -0.2) is 4.39 Å². The van der Waals surface area contributed by atoms with Crippen LogP contribution in [0, 0.1) is 12.7 Å². The molecule has 2 heterocycles. The highest BCUT2D eigenvalue weighted by Gasteiger charge is 2.13. The van der Waals surface area contributed by atoms with Gasteiger partial charge in [0.25, 0.3) is 0 Å². The highest BCUT2D eigenvalue weighted by molar-refractivity contribution is 5.89. The van der Waals surface area contributed by atoms with E-state index in [1.54, 1.807) is 6.07 Å². The van der Waals surface area contributed by atoms with Crippen LogP contribution in [-0.2, 0) is 11.3 Å². The van der Waals surface area contributed by atoms with Gasteiger partial charge in [-0.1, -0.05) is 35.0 Å². The van der Waals surface area contributed by atoms with Crippen LogP contribution in [-0.4, -0.2) is 31.3 Å². The molecule has 2 aromatic carbocycles. The van der Waals surface area contributed by atoms with E-state index in [1.165, 1.54) is 24.3 Å². The predicted molar refractivity (Wildman–Crippen MR) is 98.5 cm³/mol. The summed E-state index contributed by atoms with van der Waals surface area (Å²) in [7, 11) is 0. The minimum absolute atomic E-state index is 0.158. The number of anilines is 1. The standard InChI is InChI=1S/C19H15FN6O2/c1-12-2-4-13(5-3-12)16-10-18(28-24-16)21-17(27)11-26-23-19(22-25-26)14-6-8-15(20)9-7-14/h2-10H,11H2,1H3,(H,21,27). The normalized spacial score (nSPS) is 10.8. The van der Waals surface area contributed by atoms with Gasteiger partial charge in [-0.3, -0.25) is 10.1 Å². The summed E-state index contributed by atoms with van der Waals surface area (Å²) in [6, 6.07) is 15.1. The van der Waals surface area contributed by atoms with Crippen LogP contribution < -0.4 is 5.32 Å². The summed E-state index contributed by atoms with van der Waals surface area (Å²) < 4.78 is 18.1. The fourth-order valence-corrected chi connectivity index (χ4v) is 2.52. The fraction of sp³-hybridized carbons (Fsp3) is 0.105. The summed E-state index contributed by atoms with van der Waals surface area (Å²) >= 11 is 0. The number of hydrogen-bond acceptors (Lipinski definition) is 6. The Hall–Kier alpha value is -3.88. The molecule has 0 radical (unpaired) electrons. The average Bonchev–Trinajstić information content (AvgIpc) is 3.33. The van der Waals surface area contributed by atoms with Crippen molar-refractivity contribution in [2.24, 2.45) is 0 Å². The first kappa shape index (κ1) is 17.5. The summed E-state index contributed by atoms with van der Waals surface area (Å²) in [6.07, 6.45) is 0. The van der Waals surface area contributed by atoms with Crippen LogP contribution in [0.15, 0.2) is 59.1 Å². The highest BCUT2D eigenvalue weighted by atomic mass is 19.1. The first-order valence-electron chi connectivity index (χ1n) is 8.44. The molecule has 0 saturated heterocycles. The SMILES string of the molecule is Cc1ccc(-c2cc(NC(=O)Cn3nnc(-c4ccc(F)cc4)n3)on2)cc1. The smallest absolute Gasteiger partial charge is 0.250 e. The minimum Gasteiger partial charge on any atom is -0.338 e. The van der Waals surface area contributed by atoms with Crippen LogP contribution in [0.5, 0.6) is 0 Å². The summed E-state index contributed by atoms with van der Waals surface area (Å²) in [6.45, 7) is 1.84. The van der Waals surface area contributed by atoms with E-state index < -0.39 is 5.91 Å². The largest absolute Gasteiger partial charge is 0.338 e. The molecule has 0 aliphatic carbocycles. The van der Waals surface area contributed by atoms with Crippen molar-refractivity contribution in [1.82, 2.24) is 25.4 Å². The second-order valence-corrected chi connectivity index (χ2v) is 6.14. The van der Waals surface area contributed by atoms with E-state index in [0.717, 1.165) is 15.9 Å². The third-order valence-corrected chi connectivity index (χ3v) is 3.96. The molecule has 28 heavy (non-hydrogen) atoms. The molecule has 1 amide bonds. The lowest BCUT2D eigenvalue weighted by Gasteiger charge is -1.99. The molecule has 4 rings (SSSR count). The lowest BCUT2D eigenvalue weighted by molar-refractivity contribution is -0.117. The lowest BCUT2D eigenvalue weighted by Crippen LogP contribution is -2.20. The summed E-state index contributed by atoms with van der Waals surface area (Å²) in [5.41, 5.74) is 3.25. The second kappa shape index (κ2) is 7.39. The molecule has 0 atom stereocenters. The third-order valence-electron chi connectivity index (χ3n) is 3.96. The maximum Gasteiger partial charge on any atom is 0.250 e. The van der Waals surface area contributed by atoms with E-state index in [4.69, 9.17) is 4.52 Å². The molecule has 0 spiro atoms. The molecule has 0 aliphatic rings. The maximum absolute atomic E-state index is 13.0. The van der Waals surface area contributed by atoms with Gasteiger partial charge in [0.2, 0.25) is 17.6 Å². The van der Waals surface area contributed by atoms with Crippen molar-refractivity contribution in [2.75, 3.05) is 5.32 Å². The van der Waals surface area contributed by atoms with Gasteiger partial charge >= 0.3 is 0 Å². The quantitative estimate of drug-likeness (QED) is 0.573. The molecule has 0 fully saturated rings. The Morgan fingerprint density at radius 3 is 2.57 bits per heavy atom. The van der Waals surface area contributed by atoms with E-state index >= 15 is 0 Å². The Kier molecular flexibility index (Phi) is 4.63. The zero-order valence-electron chi connectivity index (χ0n) is 14.8. The number of hydrogen-bond donors (Lipinski definition) is 1. The summed E-state index contributed by atoms with van der Waals surface area (Å²) in [4.78, 5) is 13.3. The number of nitrogens with one attached hydrogen (secondary N) is 1. The molecular formula is C19H15FN6O2. The van der Waals surface area contributed by atoms with Gasteiger partial charge in [-0.05, 0) is 36.4 Å². The Balaban J connectivity index is 1.40. The van der Waals surface area contributed by atoms with E-state index in [1.807, 2.05) is 31.2 Å². The highest BCUT2D eigenvalue weighted by Crippen LogP contribution is 2.22. The molecule has 1 N–H and O–H groups in total. The van der Waals surface area contributed by atoms with Crippen molar-refractivity contribution >= 4 is 11.8 Å². The number of nitrogens with zero attached hydrogens (tertiary/aromatic N) is 5. The van der Waals surface area contributed by atoms with E-state index in [2.05, 4.69) is 25.9 Å². The van der Waals surface area contributed by atoms with Gasteiger partial charge in [-0.15, -0.1) is 10.2 Å². The van der Waals surface area contributed by atoms with Crippen molar-refractivity contribution in [3.05, 3.63) is 66.0 Å². The molecule has 0 aliphatic heterocycles. The van der Waals surface area contributed by atoms with E-state index in [9.17, 15) is 9.18 Å². The number of benzene rings is 2. The van der Waals surface area contributed by atoms with Crippen LogP contribution in [0.25, 0.3) is 22.6 Å². The van der Waals surface area contributed by atoms with Gasteiger partial charge in [-0.2, -0.15) is 4.80 Å². The molecule has 8 nitrogen and oxygen atoms in total. The average molecular weight is 378 g/mol. The molecule has 0 bridgehead atoms. The number of carbonyl (C=O) groups excluding carboxylic acids is 1. The Labute approximate surface area is 159 Å². The van der Waals surface area contributed by atoms with Crippen LogP contribution in [0.1, 0.15) is 5.56 Å². The Morgan fingerprint density at radius 2 is 1.82 bits per heavy atom. The molecule has 2 aromatic heterocycles. The molecule has 4 aromatic rings. The van der Waals surface area contributed by atoms with Gasteiger partial charge in [0.1, 0.15) is 18.1 Å². The molecular weight excluding hydrogens is 363 g/mol. The molecule has 140 valence electrons. The van der Waals surface area contributed by atoms with Gasteiger partial charge in [0, 0.05) is 17.2 Å². The molecule has 9 heteroatoms. The zero-order chi connectivity index (χ0) is 19.5. The van der Waals surface area contributed by atoms with Crippen molar-refractivity contribution in [1.29, 1.82) is 0 Å². The first-order valence-corrected chi connectivity index (χ1v) is 8.44. The van der Waals surface area contributed by atoms with Crippen LogP contribution in [0.3, 0.4) is 0 Å². The van der Waals surface area contributed by atoms with Crippen LogP contribution in [0.2, 0.25) is 0 Å². The number of halogens is 1. The summed E-state index contributed by atoms with van der Waals surface area (Å²) in [5, 5.41) is 18.4. The fourth-order valence-electron chi connectivity index (χ4n) is 2.52. The Bertz CT molecular complexity index is 1010. The van der Waals surface area contributed by atoms with Gasteiger partial charge < -0.3 is 4.52 Å². The molecule has 0 saturated carbocycles. The number of aryl methyl sites for hydroxylation is 1. The number of aromatic nitrogens is 5.